The molecule has 1 atom stereocenters. The van der Waals surface area contributed by atoms with Gasteiger partial charge in [0.05, 0.1) is 18.6 Å². The van der Waals surface area contributed by atoms with E-state index in [1.165, 1.54) is 18.5 Å². The number of nitrogens with zero attached hydrogens (tertiary/aromatic N) is 4. The number of hydrogen-bond donors (Lipinski definition) is 1. The molecular formula is C18H18FN5O2. The lowest BCUT2D eigenvalue weighted by atomic mass is 9.94. The summed E-state index contributed by atoms with van der Waals surface area (Å²) in [7, 11) is 0. The van der Waals surface area contributed by atoms with Crippen LogP contribution >= 0.6 is 0 Å². The van der Waals surface area contributed by atoms with Crippen molar-refractivity contribution in [3.63, 3.8) is 0 Å². The van der Waals surface area contributed by atoms with Crippen molar-refractivity contribution in [2.45, 2.75) is 25.3 Å². The maximum atomic E-state index is 13.3. The van der Waals surface area contributed by atoms with E-state index >= 15 is 0 Å². The van der Waals surface area contributed by atoms with Crippen molar-refractivity contribution in [2.24, 2.45) is 0 Å². The van der Waals surface area contributed by atoms with Gasteiger partial charge in [-0.3, -0.25) is 9.69 Å². The predicted octanol–water partition coefficient (Wildman–Crippen LogP) is 2.34. The molecule has 8 heteroatoms. The highest BCUT2D eigenvalue weighted by atomic mass is 19.1. The van der Waals surface area contributed by atoms with Crippen molar-refractivity contribution >= 4 is 0 Å². The second-order valence-corrected chi connectivity index (χ2v) is 6.42. The van der Waals surface area contributed by atoms with Crippen LogP contribution in [0.1, 0.15) is 30.3 Å². The smallest absolute Gasteiger partial charge is 0.250 e. The Morgan fingerprint density at radius 1 is 1.31 bits per heavy atom. The lowest BCUT2D eigenvalue weighted by molar-refractivity contribution is 0.182. The molecule has 0 radical (unpaired) electrons. The minimum atomic E-state index is -0.341. The highest BCUT2D eigenvalue weighted by molar-refractivity contribution is 5.52. The Hall–Kier alpha value is -2.87. The first-order valence-corrected chi connectivity index (χ1v) is 8.53. The van der Waals surface area contributed by atoms with Crippen LogP contribution in [-0.4, -0.2) is 38.2 Å². The SMILES string of the molecule is O=c1cc([C@@H]2CCCN(Cc3nnc(-c4cccc(F)c4)o3)C2)nc[nH]1. The monoisotopic (exact) mass is 355 g/mol. The molecule has 0 saturated carbocycles. The normalized spacial score (nSPS) is 18.1. The maximum Gasteiger partial charge on any atom is 0.250 e. The maximum absolute atomic E-state index is 13.3. The van der Waals surface area contributed by atoms with Crippen LogP contribution < -0.4 is 5.56 Å². The average Bonchev–Trinajstić information content (AvgIpc) is 3.10. The molecule has 0 bridgehead atoms. The van der Waals surface area contributed by atoms with Crippen LogP contribution in [-0.2, 0) is 6.54 Å². The standard InChI is InChI=1S/C18H18FN5O2/c19-14-5-1-3-12(7-14)18-23-22-17(26-18)10-24-6-2-4-13(9-24)15-8-16(25)21-11-20-15/h1,3,5,7-8,11,13H,2,4,6,9-10H2,(H,20,21,25)/t13-/m1/s1. The highest BCUT2D eigenvalue weighted by Gasteiger charge is 2.24. The van der Waals surface area contributed by atoms with E-state index in [9.17, 15) is 9.18 Å². The van der Waals surface area contributed by atoms with Gasteiger partial charge < -0.3 is 9.40 Å². The van der Waals surface area contributed by atoms with Crippen LogP contribution in [0.5, 0.6) is 0 Å². The molecule has 2 aromatic heterocycles. The van der Waals surface area contributed by atoms with Crippen molar-refractivity contribution in [2.75, 3.05) is 13.1 Å². The molecule has 1 fully saturated rings. The first-order chi connectivity index (χ1) is 12.7. The predicted molar refractivity (Wildman–Crippen MR) is 91.8 cm³/mol. The highest BCUT2D eigenvalue weighted by Crippen LogP contribution is 2.26. The van der Waals surface area contributed by atoms with Crippen LogP contribution in [0.3, 0.4) is 0 Å². The largest absolute Gasteiger partial charge is 0.419 e. The van der Waals surface area contributed by atoms with E-state index in [-0.39, 0.29) is 17.3 Å². The third-order valence-corrected chi connectivity index (χ3v) is 4.52. The molecule has 134 valence electrons. The van der Waals surface area contributed by atoms with Gasteiger partial charge in [0.25, 0.3) is 5.56 Å². The zero-order chi connectivity index (χ0) is 17.9. The molecule has 1 aliphatic rings. The number of rotatable bonds is 4. The summed E-state index contributed by atoms with van der Waals surface area (Å²) in [5.41, 5.74) is 1.24. The fourth-order valence-corrected chi connectivity index (χ4v) is 3.29. The van der Waals surface area contributed by atoms with Crippen LogP contribution in [0.15, 0.2) is 45.9 Å². The van der Waals surface area contributed by atoms with Crippen LogP contribution in [0.25, 0.3) is 11.5 Å². The van der Waals surface area contributed by atoms with E-state index in [0.717, 1.165) is 31.6 Å². The first kappa shape index (κ1) is 16.6. The quantitative estimate of drug-likeness (QED) is 0.773. The van der Waals surface area contributed by atoms with Gasteiger partial charge >= 0.3 is 0 Å². The molecular weight excluding hydrogens is 337 g/mol. The Morgan fingerprint density at radius 2 is 2.23 bits per heavy atom. The Morgan fingerprint density at radius 3 is 3.08 bits per heavy atom. The van der Waals surface area contributed by atoms with Gasteiger partial charge in [-0.25, -0.2) is 9.37 Å². The van der Waals surface area contributed by atoms with Crippen molar-refractivity contribution < 1.29 is 8.81 Å². The molecule has 3 heterocycles. The molecule has 1 aliphatic heterocycles. The first-order valence-electron chi connectivity index (χ1n) is 8.53. The van der Waals surface area contributed by atoms with Gasteiger partial charge in [0.15, 0.2) is 0 Å². The van der Waals surface area contributed by atoms with Gasteiger partial charge in [0.1, 0.15) is 5.82 Å². The zero-order valence-electron chi connectivity index (χ0n) is 14.1. The van der Waals surface area contributed by atoms with Crippen LogP contribution in [0.4, 0.5) is 4.39 Å². The lowest BCUT2D eigenvalue weighted by Gasteiger charge is -2.31. The minimum Gasteiger partial charge on any atom is -0.419 e. The Balaban J connectivity index is 1.45. The van der Waals surface area contributed by atoms with Gasteiger partial charge in [-0.05, 0) is 37.6 Å². The molecule has 0 unspecified atom stereocenters. The summed E-state index contributed by atoms with van der Waals surface area (Å²) in [5.74, 6) is 0.663. The van der Waals surface area contributed by atoms with E-state index in [2.05, 4.69) is 25.1 Å². The number of benzene rings is 1. The third kappa shape index (κ3) is 3.70. The molecule has 1 aromatic carbocycles. The van der Waals surface area contributed by atoms with Crippen molar-refractivity contribution in [1.82, 2.24) is 25.1 Å². The number of likely N-dealkylation sites (tertiary alicyclic amines) is 1. The Kier molecular flexibility index (Phi) is 4.57. The fourth-order valence-electron chi connectivity index (χ4n) is 3.29. The van der Waals surface area contributed by atoms with E-state index in [4.69, 9.17) is 4.42 Å². The van der Waals surface area contributed by atoms with E-state index in [0.29, 0.717) is 23.9 Å². The van der Waals surface area contributed by atoms with Crippen LogP contribution in [0, 0.1) is 5.82 Å². The zero-order valence-corrected chi connectivity index (χ0v) is 14.1. The number of nitrogens with one attached hydrogen (secondary N) is 1. The summed E-state index contributed by atoms with van der Waals surface area (Å²) in [6.45, 7) is 2.20. The number of aromatic amines is 1. The third-order valence-electron chi connectivity index (χ3n) is 4.52. The summed E-state index contributed by atoms with van der Waals surface area (Å²) >= 11 is 0. The number of hydrogen-bond acceptors (Lipinski definition) is 6. The van der Waals surface area contributed by atoms with E-state index in [1.807, 2.05) is 0 Å². The average molecular weight is 355 g/mol. The topological polar surface area (TPSA) is 87.9 Å². The van der Waals surface area contributed by atoms with E-state index in [1.54, 1.807) is 18.2 Å². The molecule has 0 aliphatic carbocycles. The van der Waals surface area contributed by atoms with Crippen molar-refractivity contribution in [1.29, 1.82) is 0 Å². The number of halogens is 1. The molecule has 7 nitrogen and oxygen atoms in total. The fraction of sp³-hybridized carbons (Fsp3) is 0.333. The lowest BCUT2D eigenvalue weighted by Crippen LogP contribution is -2.34. The number of H-pyrrole nitrogens is 1. The number of piperidine rings is 1. The van der Waals surface area contributed by atoms with Gasteiger partial charge in [-0.1, -0.05) is 6.07 Å². The summed E-state index contributed by atoms with van der Waals surface area (Å²) in [6.07, 6.45) is 3.44. The Labute approximate surface area is 148 Å². The van der Waals surface area contributed by atoms with Crippen molar-refractivity contribution in [3.05, 3.63) is 64.4 Å². The molecule has 0 amide bonds. The Bertz CT molecular complexity index is 954. The molecule has 1 saturated heterocycles. The molecule has 4 rings (SSSR count). The summed E-state index contributed by atoms with van der Waals surface area (Å²) in [5, 5.41) is 8.09. The van der Waals surface area contributed by atoms with Gasteiger partial charge in [-0.2, -0.15) is 0 Å². The molecule has 0 spiro atoms. The minimum absolute atomic E-state index is 0.135. The van der Waals surface area contributed by atoms with E-state index < -0.39 is 0 Å². The molecule has 1 N–H and O–H groups in total. The van der Waals surface area contributed by atoms with Crippen molar-refractivity contribution in [3.8, 4) is 11.5 Å². The summed E-state index contributed by atoms with van der Waals surface area (Å²) < 4.78 is 19.0. The van der Waals surface area contributed by atoms with Gasteiger partial charge in [-0.15, -0.1) is 10.2 Å². The summed E-state index contributed by atoms with van der Waals surface area (Å²) in [6, 6.07) is 7.64. The second-order valence-electron chi connectivity index (χ2n) is 6.42. The van der Waals surface area contributed by atoms with Gasteiger partial charge in [0, 0.05) is 24.1 Å². The number of aromatic nitrogens is 4. The molecule has 3 aromatic rings. The second kappa shape index (κ2) is 7.17. The summed E-state index contributed by atoms with van der Waals surface area (Å²) in [4.78, 5) is 20.5. The van der Waals surface area contributed by atoms with Crippen LogP contribution in [0.2, 0.25) is 0 Å². The molecule has 26 heavy (non-hydrogen) atoms. The van der Waals surface area contributed by atoms with Gasteiger partial charge in [0.2, 0.25) is 11.8 Å².